The summed E-state index contributed by atoms with van der Waals surface area (Å²) in [6.45, 7) is 1.86. The Balaban J connectivity index is 1.88. The average molecular weight is 321 g/mol. The van der Waals surface area contributed by atoms with Crippen LogP contribution in [0.15, 0.2) is 47.9 Å². The van der Waals surface area contributed by atoms with Crippen molar-refractivity contribution in [3.63, 3.8) is 0 Å². The van der Waals surface area contributed by atoms with Gasteiger partial charge in [0.1, 0.15) is 4.90 Å². The van der Waals surface area contributed by atoms with Crippen LogP contribution in [-0.4, -0.2) is 28.2 Å². The number of sulfonamides is 1. The lowest BCUT2D eigenvalue weighted by Gasteiger charge is -2.01. The lowest BCUT2D eigenvalue weighted by atomic mass is 10.5. The first-order valence-corrected chi connectivity index (χ1v) is 8.26. The molecule has 0 spiro atoms. The molecule has 7 nitrogen and oxygen atoms in total. The second-order valence-electron chi connectivity index (χ2n) is 4.19. The van der Waals surface area contributed by atoms with E-state index in [0.717, 1.165) is 4.88 Å². The molecule has 3 aromatic heterocycles. The summed E-state index contributed by atoms with van der Waals surface area (Å²) < 4.78 is 28.3. The summed E-state index contributed by atoms with van der Waals surface area (Å²) in [4.78, 5) is 9.07. The van der Waals surface area contributed by atoms with Gasteiger partial charge in [-0.3, -0.25) is 4.72 Å². The summed E-state index contributed by atoms with van der Waals surface area (Å²) in [5, 5.41) is 4.35. The molecule has 0 aliphatic heterocycles. The van der Waals surface area contributed by atoms with Gasteiger partial charge in [0.15, 0.2) is 10.9 Å². The number of rotatable bonds is 4. The van der Waals surface area contributed by atoms with Crippen molar-refractivity contribution in [3.05, 3.63) is 47.9 Å². The second-order valence-corrected chi connectivity index (χ2v) is 7.11. The van der Waals surface area contributed by atoms with E-state index in [0.29, 0.717) is 10.9 Å². The van der Waals surface area contributed by atoms with Crippen molar-refractivity contribution in [2.24, 2.45) is 0 Å². The lowest BCUT2D eigenvalue weighted by Crippen LogP contribution is -2.12. The summed E-state index contributed by atoms with van der Waals surface area (Å²) in [6.07, 6.45) is 5.91. The van der Waals surface area contributed by atoms with Crippen LogP contribution in [0, 0.1) is 6.92 Å². The number of nitrogens with zero attached hydrogens (tertiary/aromatic N) is 4. The zero-order valence-corrected chi connectivity index (χ0v) is 12.6. The SMILES string of the molecule is Cc1cnc(NS(=O)(=O)c2cnn(-c3ccccn3)c2)s1. The third kappa shape index (κ3) is 2.93. The fourth-order valence-electron chi connectivity index (χ4n) is 1.64. The molecule has 3 heterocycles. The van der Waals surface area contributed by atoms with Crippen LogP contribution in [0.25, 0.3) is 5.82 Å². The molecule has 0 saturated heterocycles. The third-order valence-corrected chi connectivity index (χ3v) is 4.85. The molecule has 0 bridgehead atoms. The lowest BCUT2D eigenvalue weighted by molar-refractivity contribution is 0.601. The molecule has 9 heteroatoms. The number of aryl methyl sites for hydroxylation is 1. The number of hydrogen-bond donors (Lipinski definition) is 1. The zero-order chi connectivity index (χ0) is 14.9. The van der Waals surface area contributed by atoms with Crippen LogP contribution < -0.4 is 4.72 Å². The molecule has 0 aromatic carbocycles. The van der Waals surface area contributed by atoms with E-state index in [1.807, 2.05) is 6.92 Å². The van der Waals surface area contributed by atoms with Crippen molar-refractivity contribution in [1.82, 2.24) is 19.7 Å². The summed E-state index contributed by atoms with van der Waals surface area (Å²) in [6, 6.07) is 5.31. The van der Waals surface area contributed by atoms with Gasteiger partial charge in [-0.15, -0.1) is 11.3 Å². The predicted molar refractivity (Wildman–Crippen MR) is 79.0 cm³/mol. The Kier molecular flexibility index (Phi) is 3.43. The molecule has 21 heavy (non-hydrogen) atoms. The molecule has 0 unspecified atom stereocenters. The predicted octanol–water partition coefficient (Wildman–Crippen LogP) is 1.83. The Hall–Kier alpha value is -2.26. The highest BCUT2D eigenvalue weighted by Gasteiger charge is 2.18. The van der Waals surface area contributed by atoms with Crippen molar-refractivity contribution in [3.8, 4) is 5.82 Å². The van der Waals surface area contributed by atoms with Gasteiger partial charge in [-0.2, -0.15) is 5.10 Å². The first kappa shape index (κ1) is 13.7. The van der Waals surface area contributed by atoms with E-state index in [-0.39, 0.29) is 4.90 Å². The summed E-state index contributed by atoms with van der Waals surface area (Å²) in [5.74, 6) is 0.545. The Morgan fingerprint density at radius 1 is 1.24 bits per heavy atom. The van der Waals surface area contributed by atoms with Gasteiger partial charge in [-0.05, 0) is 19.1 Å². The first-order valence-electron chi connectivity index (χ1n) is 5.96. The van der Waals surface area contributed by atoms with Crippen LogP contribution in [0.2, 0.25) is 0 Å². The van der Waals surface area contributed by atoms with Crippen LogP contribution in [0.5, 0.6) is 0 Å². The normalized spacial score (nSPS) is 11.5. The topological polar surface area (TPSA) is 89.8 Å². The van der Waals surface area contributed by atoms with Gasteiger partial charge in [-0.25, -0.2) is 23.1 Å². The van der Waals surface area contributed by atoms with Crippen LogP contribution in [0.1, 0.15) is 4.88 Å². The van der Waals surface area contributed by atoms with E-state index in [1.165, 1.54) is 28.4 Å². The maximum absolute atomic E-state index is 12.2. The van der Waals surface area contributed by atoms with Gasteiger partial charge < -0.3 is 0 Å². The Labute approximate surface area is 125 Å². The molecular weight excluding hydrogens is 310 g/mol. The summed E-state index contributed by atoms with van der Waals surface area (Å²) in [7, 11) is -3.70. The number of thiazole rings is 1. The minimum atomic E-state index is -3.70. The van der Waals surface area contributed by atoms with E-state index >= 15 is 0 Å². The summed E-state index contributed by atoms with van der Waals surface area (Å²) in [5.41, 5.74) is 0. The maximum Gasteiger partial charge on any atom is 0.266 e. The smallest absolute Gasteiger partial charge is 0.255 e. The molecule has 3 aromatic rings. The monoisotopic (exact) mass is 321 g/mol. The fraction of sp³-hybridized carbons (Fsp3) is 0.0833. The van der Waals surface area contributed by atoms with E-state index in [2.05, 4.69) is 19.8 Å². The van der Waals surface area contributed by atoms with Gasteiger partial charge in [0, 0.05) is 17.3 Å². The molecule has 1 N–H and O–H groups in total. The molecule has 0 saturated carbocycles. The third-order valence-electron chi connectivity index (χ3n) is 2.60. The highest BCUT2D eigenvalue weighted by atomic mass is 32.2. The van der Waals surface area contributed by atoms with Crippen molar-refractivity contribution >= 4 is 26.5 Å². The molecule has 0 aliphatic rings. The molecule has 0 amide bonds. The molecule has 108 valence electrons. The number of hydrogen-bond acceptors (Lipinski definition) is 6. The largest absolute Gasteiger partial charge is 0.266 e. The van der Waals surface area contributed by atoms with Crippen LogP contribution in [-0.2, 0) is 10.0 Å². The van der Waals surface area contributed by atoms with Gasteiger partial charge in [0.05, 0.1) is 12.4 Å². The van der Waals surface area contributed by atoms with Crippen LogP contribution in [0.4, 0.5) is 5.13 Å². The number of nitrogens with one attached hydrogen (secondary N) is 1. The maximum atomic E-state index is 12.2. The molecular formula is C12H11N5O2S2. The van der Waals surface area contributed by atoms with E-state index in [4.69, 9.17) is 0 Å². The quantitative estimate of drug-likeness (QED) is 0.792. The van der Waals surface area contributed by atoms with Crippen molar-refractivity contribution in [2.75, 3.05) is 4.72 Å². The van der Waals surface area contributed by atoms with Crippen LogP contribution >= 0.6 is 11.3 Å². The zero-order valence-electron chi connectivity index (χ0n) is 11.0. The first-order chi connectivity index (χ1) is 10.0. The second kappa shape index (κ2) is 5.26. The number of pyridine rings is 1. The minimum absolute atomic E-state index is 0.0565. The highest BCUT2D eigenvalue weighted by molar-refractivity contribution is 7.93. The fourth-order valence-corrected chi connectivity index (χ4v) is 3.47. The van der Waals surface area contributed by atoms with Gasteiger partial charge >= 0.3 is 0 Å². The number of aromatic nitrogens is 4. The van der Waals surface area contributed by atoms with Gasteiger partial charge in [0.2, 0.25) is 0 Å². The Morgan fingerprint density at radius 2 is 2.10 bits per heavy atom. The molecule has 0 radical (unpaired) electrons. The van der Waals surface area contributed by atoms with E-state index < -0.39 is 10.0 Å². The molecule has 0 fully saturated rings. The average Bonchev–Trinajstić information content (AvgIpc) is 3.09. The van der Waals surface area contributed by atoms with Gasteiger partial charge in [-0.1, -0.05) is 6.07 Å². The Morgan fingerprint density at radius 3 is 2.76 bits per heavy atom. The van der Waals surface area contributed by atoms with Crippen molar-refractivity contribution in [1.29, 1.82) is 0 Å². The molecule has 0 atom stereocenters. The van der Waals surface area contributed by atoms with Gasteiger partial charge in [0.25, 0.3) is 10.0 Å². The van der Waals surface area contributed by atoms with E-state index in [1.54, 1.807) is 30.6 Å². The Bertz CT molecular complexity index is 855. The molecule has 0 aliphatic carbocycles. The summed E-state index contributed by atoms with van der Waals surface area (Å²) >= 11 is 1.27. The number of anilines is 1. The van der Waals surface area contributed by atoms with Crippen molar-refractivity contribution < 1.29 is 8.42 Å². The van der Waals surface area contributed by atoms with Crippen molar-refractivity contribution in [2.45, 2.75) is 11.8 Å². The van der Waals surface area contributed by atoms with Crippen LogP contribution in [0.3, 0.4) is 0 Å². The minimum Gasteiger partial charge on any atom is -0.255 e. The standard InChI is InChI=1S/C12H11N5O2S2/c1-9-6-14-12(20-9)16-21(18,19)10-7-15-17(8-10)11-4-2-3-5-13-11/h2-8H,1H3,(H,14,16). The molecule has 3 rings (SSSR count). The highest BCUT2D eigenvalue weighted by Crippen LogP contribution is 2.21. The van der Waals surface area contributed by atoms with E-state index in [9.17, 15) is 8.42 Å².